The molecule has 6 heteroatoms. The Morgan fingerprint density at radius 2 is 2.00 bits per heavy atom. The smallest absolute Gasteiger partial charge is 0.243 e. The number of thiocarbonyl (C=S) groups is 1. The molecule has 0 bridgehead atoms. The Morgan fingerprint density at radius 1 is 1.29 bits per heavy atom. The van der Waals surface area contributed by atoms with Gasteiger partial charge in [-0.25, -0.2) is 8.42 Å². The van der Waals surface area contributed by atoms with Gasteiger partial charge in [-0.2, -0.15) is 4.31 Å². The Morgan fingerprint density at radius 3 is 2.67 bits per heavy atom. The van der Waals surface area contributed by atoms with Crippen LogP contribution in [0.5, 0.6) is 0 Å². The number of rotatable bonds is 3. The highest BCUT2D eigenvalue weighted by Crippen LogP contribution is 2.31. The van der Waals surface area contributed by atoms with Gasteiger partial charge in [-0.1, -0.05) is 38.2 Å². The van der Waals surface area contributed by atoms with Gasteiger partial charge < -0.3 is 5.73 Å². The standard InChI is InChI=1S/C15H22N2O2S2/c1-15(2)7-4-9-17(10-8-15)21(18,19)13-6-3-5-12(11-13)14(16)20/h3,5-6,11H,4,7-10H2,1-2H3,(H2,16,20). The summed E-state index contributed by atoms with van der Waals surface area (Å²) in [5.41, 5.74) is 6.37. The Bertz CT molecular complexity index is 639. The Hall–Kier alpha value is -0.980. The summed E-state index contributed by atoms with van der Waals surface area (Å²) >= 11 is 4.92. The number of nitrogens with two attached hydrogens (primary N) is 1. The maximum Gasteiger partial charge on any atom is 0.243 e. The molecule has 1 fully saturated rings. The number of benzene rings is 1. The van der Waals surface area contributed by atoms with Crippen molar-refractivity contribution in [2.24, 2.45) is 11.1 Å². The number of hydrogen-bond acceptors (Lipinski definition) is 3. The minimum Gasteiger partial charge on any atom is -0.389 e. The maximum absolute atomic E-state index is 12.8. The van der Waals surface area contributed by atoms with Gasteiger partial charge in [0.2, 0.25) is 10.0 Å². The lowest BCUT2D eigenvalue weighted by Crippen LogP contribution is -2.32. The Kier molecular flexibility index (Phi) is 4.70. The molecule has 1 aromatic rings. The van der Waals surface area contributed by atoms with E-state index in [1.54, 1.807) is 28.6 Å². The van der Waals surface area contributed by atoms with Crippen molar-refractivity contribution in [2.45, 2.75) is 38.0 Å². The first-order chi connectivity index (χ1) is 9.72. The van der Waals surface area contributed by atoms with Crippen molar-refractivity contribution < 1.29 is 8.42 Å². The molecule has 2 rings (SSSR count). The van der Waals surface area contributed by atoms with Crippen LogP contribution in [0.3, 0.4) is 0 Å². The number of hydrogen-bond donors (Lipinski definition) is 1. The van der Waals surface area contributed by atoms with E-state index >= 15 is 0 Å². The molecule has 0 spiro atoms. The SMILES string of the molecule is CC1(C)CCCN(S(=O)(=O)c2cccc(C(N)=S)c2)CC1. The molecule has 0 saturated carbocycles. The second kappa shape index (κ2) is 6.02. The molecule has 116 valence electrons. The molecule has 0 atom stereocenters. The lowest BCUT2D eigenvalue weighted by molar-refractivity contribution is 0.315. The summed E-state index contributed by atoms with van der Waals surface area (Å²) in [5.74, 6) is 0. The van der Waals surface area contributed by atoms with E-state index in [4.69, 9.17) is 18.0 Å². The van der Waals surface area contributed by atoms with Crippen molar-refractivity contribution in [3.8, 4) is 0 Å². The van der Waals surface area contributed by atoms with Crippen LogP contribution in [0.4, 0.5) is 0 Å². The third kappa shape index (κ3) is 3.81. The van der Waals surface area contributed by atoms with E-state index in [2.05, 4.69) is 13.8 Å². The minimum absolute atomic E-state index is 0.199. The monoisotopic (exact) mass is 326 g/mol. The van der Waals surface area contributed by atoms with Crippen LogP contribution in [-0.4, -0.2) is 30.8 Å². The van der Waals surface area contributed by atoms with Crippen LogP contribution in [0.15, 0.2) is 29.2 Å². The fraction of sp³-hybridized carbons (Fsp3) is 0.533. The molecule has 1 saturated heterocycles. The molecule has 0 aliphatic carbocycles. The Labute approximate surface area is 132 Å². The first kappa shape index (κ1) is 16.4. The second-order valence-electron chi connectivity index (χ2n) is 6.31. The molecule has 2 N–H and O–H groups in total. The van der Waals surface area contributed by atoms with Crippen LogP contribution in [0.25, 0.3) is 0 Å². The topological polar surface area (TPSA) is 63.4 Å². The van der Waals surface area contributed by atoms with Crippen LogP contribution in [0.2, 0.25) is 0 Å². The highest BCUT2D eigenvalue weighted by molar-refractivity contribution is 7.89. The molecule has 0 aromatic heterocycles. The predicted octanol–water partition coefficient (Wildman–Crippen LogP) is 2.52. The van der Waals surface area contributed by atoms with Crippen LogP contribution >= 0.6 is 12.2 Å². The van der Waals surface area contributed by atoms with Crippen molar-refractivity contribution >= 4 is 27.2 Å². The van der Waals surface area contributed by atoms with Crippen LogP contribution in [0, 0.1) is 5.41 Å². The van der Waals surface area contributed by atoms with E-state index < -0.39 is 10.0 Å². The van der Waals surface area contributed by atoms with Crippen molar-refractivity contribution in [1.29, 1.82) is 0 Å². The van der Waals surface area contributed by atoms with Crippen molar-refractivity contribution in [1.82, 2.24) is 4.31 Å². The van der Waals surface area contributed by atoms with E-state index in [0.717, 1.165) is 19.3 Å². The third-order valence-corrected chi connectivity index (χ3v) is 6.19. The van der Waals surface area contributed by atoms with E-state index in [1.165, 1.54) is 0 Å². The van der Waals surface area contributed by atoms with E-state index in [9.17, 15) is 8.42 Å². The molecule has 1 aromatic carbocycles. The molecule has 4 nitrogen and oxygen atoms in total. The summed E-state index contributed by atoms with van der Waals surface area (Å²) in [6.07, 6.45) is 2.81. The lowest BCUT2D eigenvalue weighted by atomic mass is 9.85. The van der Waals surface area contributed by atoms with E-state index in [0.29, 0.717) is 18.7 Å². The van der Waals surface area contributed by atoms with Gasteiger partial charge in [0.15, 0.2) is 0 Å². The zero-order chi connectivity index (χ0) is 15.7. The average molecular weight is 326 g/mol. The Balaban J connectivity index is 2.29. The van der Waals surface area contributed by atoms with Gasteiger partial charge >= 0.3 is 0 Å². The summed E-state index contributed by atoms with van der Waals surface area (Å²) in [4.78, 5) is 0.483. The molecule has 1 aliphatic rings. The highest BCUT2D eigenvalue weighted by Gasteiger charge is 2.30. The molecule has 1 aliphatic heterocycles. The molecule has 21 heavy (non-hydrogen) atoms. The molecule has 0 unspecified atom stereocenters. The zero-order valence-corrected chi connectivity index (χ0v) is 14.1. The fourth-order valence-corrected chi connectivity index (χ4v) is 4.25. The van der Waals surface area contributed by atoms with Gasteiger partial charge in [0.25, 0.3) is 0 Å². The van der Waals surface area contributed by atoms with Crippen LogP contribution in [0.1, 0.15) is 38.7 Å². The van der Waals surface area contributed by atoms with Crippen molar-refractivity contribution in [3.63, 3.8) is 0 Å². The second-order valence-corrected chi connectivity index (χ2v) is 8.69. The maximum atomic E-state index is 12.8. The first-order valence-corrected chi connectivity index (χ1v) is 8.97. The molecular formula is C15H22N2O2S2. The fourth-order valence-electron chi connectivity index (χ4n) is 2.60. The third-order valence-electron chi connectivity index (χ3n) is 4.06. The zero-order valence-electron chi connectivity index (χ0n) is 12.5. The summed E-state index contributed by atoms with van der Waals surface area (Å²) in [6.45, 7) is 5.52. The quantitative estimate of drug-likeness (QED) is 0.867. The first-order valence-electron chi connectivity index (χ1n) is 7.12. The van der Waals surface area contributed by atoms with Crippen LogP contribution in [-0.2, 0) is 10.0 Å². The van der Waals surface area contributed by atoms with Gasteiger partial charge in [0, 0.05) is 18.7 Å². The van der Waals surface area contributed by atoms with Crippen molar-refractivity contribution in [2.75, 3.05) is 13.1 Å². The van der Waals surface area contributed by atoms with Gasteiger partial charge in [0.05, 0.1) is 4.90 Å². The van der Waals surface area contributed by atoms with Gasteiger partial charge in [-0.3, -0.25) is 0 Å². The summed E-state index contributed by atoms with van der Waals surface area (Å²) < 4.78 is 27.1. The largest absolute Gasteiger partial charge is 0.389 e. The summed E-state index contributed by atoms with van der Waals surface area (Å²) in [7, 11) is -3.47. The number of nitrogens with zero attached hydrogens (tertiary/aromatic N) is 1. The van der Waals surface area contributed by atoms with Gasteiger partial charge in [-0.05, 0) is 36.8 Å². The molecular weight excluding hydrogens is 304 g/mol. The molecule has 1 heterocycles. The summed E-state index contributed by atoms with van der Waals surface area (Å²) in [6, 6.07) is 6.58. The highest BCUT2D eigenvalue weighted by atomic mass is 32.2. The minimum atomic E-state index is -3.47. The van der Waals surface area contributed by atoms with Gasteiger partial charge in [-0.15, -0.1) is 0 Å². The van der Waals surface area contributed by atoms with E-state index in [1.807, 2.05) is 0 Å². The van der Waals surface area contributed by atoms with Gasteiger partial charge in [0.1, 0.15) is 4.99 Å². The normalized spacial score (nSPS) is 19.9. The van der Waals surface area contributed by atoms with E-state index in [-0.39, 0.29) is 15.3 Å². The average Bonchev–Trinajstić information content (AvgIpc) is 2.60. The molecule has 0 radical (unpaired) electrons. The van der Waals surface area contributed by atoms with Crippen LogP contribution < -0.4 is 5.73 Å². The summed E-state index contributed by atoms with van der Waals surface area (Å²) in [5, 5.41) is 0. The predicted molar refractivity (Wildman–Crippen MR) is 88.7 cm³/mol. The lowest BCUT2D eigenvalue weighted by Gasteiger charge is -2.23. The van der Waals surface area contributed by atoms with Crippen molar-refractivity contribution in [3.05, 3.63) is 29.8 Å². The number of sulfonamides is 1. The molecule has 0 amide bonds.